The molecule has 0 aromatic heterocycles. The molecule has 1 atom stereocenters. The van der Waals surface area contributed by atoms with E-state index in [4.69, 9.17) is 0 Å². The lowest BCUT2D eigenvalue weighted by Crippen LogP contribution is -2.16. The van der Waals surface area contributed by atoms with Gasteiger partial charge in [0.1, 0.15) is 0 Å². The lowest BCUT2D eigenvalue weighted by Gasteiger charge is -2.18. The summed E-state index contributed by atoms with van der Waals surface area (Å²) in [4.78, 5) is 2.10. The average Bonchev–Trinajstić information content (AvgIpc) is 2.51. The second kappa shape index (κ2) is 5.84. The van der Waals surface area contributed by atoms with Crippen LogP contribution in [0.1, 0.15) is 18.1 Å². The standard InChI is InChI=1S/C19H21NO/c1-20(2)12-11-19(21)18-13-14-7-3-4-8-15(14)16-9-5-6-10-17(16)18/h3-10,13,19,21H,11-12H2,1-2H3. The van der Waals surface area contributed by atoms with Gasteiger partial charge in [-0.25, -0.2) is 0 Å². The van der Waals surface area contributed by atoms with Crippen molar-refractivity contribution < 1.29 is 5.11 Å². The van der Waals surface area contributed by atoms with Gasteiger partial charge in [0.05, 0.1) is 6.10 Å². The molecular weight excluding hydrogens is 258 g/mol. The van der Waals surface area contributed by atoms with Crippen LogP contribution in [0.15, 0.2) is 54.6 Å². The molecule has 0 spiro atoms. The van der Waals surface area contributed by atoms with Crippen molar-refractivity contribution in [3.05, 3.63) is 60.2 Å². The molecule has 0 saturated heterocycles. The highest BCUT2D eigenvalue weighted by Gasteiger charge is 2.13. The third-order valence-corrected chi connectivity index (χ3v) is 4.01. The van der Waals surface area contributed by atoms with Crippen molar-refractivity contribution >= 4 is 21.5 Å². The van der Waals surface area contributed by atoms with Crippen LogP contribution in [-0.4, -0.2) is 30.6 Å². The summed E-state index contributed by atoms with van der Waals surface area (Å²) in [6.45, 7) is 0.877. The molecule has 0 heterocycles. The first-order valence-electron chi connectivity index (χ1n) is 7.40. The van der Waals surface area contributed by atoms with E-state index in [-0.39, 0.29) is 0 Å². The smallest absolute Gasteiger partial charge is 0.0808 e. The van der Waals surface area contributed by atoms with Gasteiger partial charge in [0.25, 0.3) is 0 Å². The van der Waals surface area contributed by atoms with Crippen molar-refractivity contribution in [1.29, 1.82) is 0 Å². The van der Waals surface area contributed by atoms with E-state index >= 15 is 0 Å². The molecule has 1 N–H and O–H groups in total. The van der Waals surface area contributed by atoms with Crippen LogP contribution in [-0.2, 0) is 0 Å². The molecule has 3 aromatic carbocycles. The van der Waals surface area contributed by atoms with Crippen molar-refractivity contribution in [2.24, 2.45) is 0 Å². The molecule has 0 radical (unpaired) electrons. The van der Waals surface area contributed by atoms with Gasteiger partial charge in [-0.15, -0.1) is 0 Å². The Morgan fingerprint density at radius 2 is 1.52 bits per heavy atom. The molecular formula is C19H21NO. The number of fused-ring (bicyclic) bond motifs is 3. The quantitative estimate of drug-likeness (QED) is 0.730. The van der Waals surface area contributed by atoms with E-state index in [2.05, 4.69) is 47.4 Å². The van der Waals surface area contributed by atoms with Crippen LogP contribution in [0.2, 0.25) is 0 Å². The summed E-state index contributed by atoms with van der Waals surface area (Å²) >= 11 is 0. The number of aliphatic hydroxyl groups is 1. The fourth-order valence-corrected chi connectivity index (χ4v) is 2.89. The zero-order valence-corrected chi connectivity index (χ0v) is 12.6. The Balaban J connectivity index is 2.16. The number of hydrogen-bond donors (Lipinski definition) is 1. The van der Waals surface area contributed by atoms with Crippen LogP contribution in [0, 0.1) is 0 Å². The maximum atomic E-state index is 10.6. The molecule has 2 nitrogen and oxygen atoms in total. The van der Waals surface area contributed by atoms with Crippen molar-refractivity contribution in [3.8, 4) is 0 Å². The van der Waals surface area contributed by atoms with Gasteiger partial charge in [0.15, 0.2) is 0 Å². The second-order valence-electron chi connectivity index (χ2n) is 5.84. The molecule has 0 amide bonds. The number of hydrogen-bond acceptors (Lipinski definition) is 2. The van der Waals surface area contributed by atoms with Gasteiger partial charge in [-0.1, -0.05) is 48.5 Å². The normalized spacial score (nSPS) is 13.1. The van der Waals surface area contributed by atoms with Crippen molar-refractivity contribution in [2.75, 3.05) is 20.6 Å². The van der Waals surface area contributed by atoms with Gasteiger partial charge in [-0.05, 0) is 53.7 Å². The first-order chi connectivity index (χ1) is 10.2. The van der Waals surface area contributed by atoms with E-state index in [0.29, 0.717) is 0 Å². The predicted molar refractivity (Wildman–Crippen MR) is 89.6 cm³/mol. The third kappa shape index (κ3) is 2.78. The molecule has 0 saturated carbocycles. The second-order valence-corrected chi connectivity index (χ2v) is 5.84. The monoisotopic (exact) mass is 279 g/mol. The van der Waals surface area contributed by atoms with E-state index in [1.807, 2.05) is 26.2 Å². The SMILES string of the molecule is CN(C)CCC(O)c1cc2ccccc2c2ccccc12. The highest BCUT2D eigenvalue weighted by molar-refractivity contribution is 6.09. The molecule has 0 bridgehead atoms. The molecule has 3 rings (SSSR count). The Morgan fingerprint density at radius 1 is 0.905 bits per heavy atom. The minimum atomic E-state index is -0.429. The van der Waals surface area contributed by atoms with Gasteiger partial charge < -0.3 is 10.0 Å². The number of nitrogens with zero attached hydrogens (tertiary/aromatic N) is 1. The van der Waals surface area contributed by atoms with E-state index < -0.39 is 6.10 Å². The Hall–Kier alpha value is -1.90. The van der Waals surface area contributed by atoms with E-state index in [0.717, 1.165) is 23.9 Å². The largest absolute Gasteiger partial charge is 0.388 e. The number of aliphatic hydroxyl groups excluding tert-OH is 1. The van der Waals surface area contributed by atoms with Crippen LogP contribution in [0.4, 0.5) is 0 Å². The number of benzene rings is 3. The molecule has 3 aromatic rings. The molecule has 108 valence electrons. The van der Waals surface area contributed by atoms with Gasteiger partial charge in [0.2, 0.25) is 0 Å². The maximum Gasteiger partial charge on any atom is 0.0808 e. The van der Waals surface area contributed by atoms with E-state index in [9.17, 15) is 5.11 Å². The summed E-state index contributed by atoms with van der Waals surface area (Å²) in [7, 11) is 4.07. The zero-order valence-electron chi connectivity index (χ0n) is 12.6. The summed E-state index contributed by atoms with van der Waals surface area (Å²) in [6, 6.07) is 18.9. The molecule has 2 heteroatoms. The molecule has 0 aliphatic heterocycles. The molecule has 1 unspecified atom stereocenters. The minimum Gasteiger partial charge on any atom is -0.388 e. The topological polar surface area (TPSA) is 23.5 Å². The van der Waals surface area contributed by atoms with Crippen LogP contribution in [0.3, 0.4) is 0 Å². The molecule has 0 aliphatic rings. The van der Waals surface area contributed by atoms with E-state index in [1.165, 1.54) is 16.2 Å². The minimum absolute atomic E-state index is 0.429. The third-order valence-electron chi connectivity index (χ3n) is 4.01. The lowest BCUT2D eigenvalue weighted by atomic mass is 9.93. The van der Waals surface area contributed by atoms with Crippen molar-refractivity contribution in [3.63, 3.8) is 0 Å². The molecule has 21 heavy (non-hydrogen) atoms. The summed E-state index contributed by atoms with van der Waals surface area (Å²) in [6.07, 6.45) is 0.317. The molecule has 0 aliphatic carbocycles. The molecule has 0 fully saturated rings. The van der Waals surface area contributed by atoms with Crippen LogP contribution in [0.25, 0.3) is 21.5 Å². The van der Waals surface area contributed by atoms with Crippen molar-refractivity contribution in [1.82, 2.24) is 4.90 Å². The average molecular weight is 279 g/mol. The Morgan fingerprint density at radius 3 is 2.24 bits per heavy atom. The first kappa shape index (κ1) is 14.1. The summed E-state index contributed by atoms with van der Waals surface area (Å²) in [5.41, 5.74) is 1.03. The Bertz CT molecular complexity index is 764. The van der Waals surface area contributed by atoms with Crippen LogP contribution < -0.4 is 0 Å². The Kier molecular flexibility index (Phi) is 3.91. The number of rotatable bonds is 4. The van der Waals surface area contributed by atoms with Gasteiger partial charge in [0, 0.05) is 6.54 Å². The van der Waals surface area contributed by atoms with Crippen LogP contribution in [0.5, 0.6) is 0 Å². The Labute approximate surface area is 125 Å². The summed E-state index contributed by atoms with van der Waals surface area (Å²) in [5.74, 6) is 0. The summed E-state index contributed by atoms with van der Waals surface area (Å²) in [5, 5.41) is 15.4. The van der Waals surface area contributed by atoms with Gasteiger partial charge in [-0.2, -0.15) is 0 Å². The zero-order chi connectivity index (χ0) is 14.8. The highest BCUT2D eigenvalue weighted by Crippen LogP contribution is 2.32. The fraction of sp³-hybridized carbons (Fsp3) is 0.263. The maximum absolute atomic E-state index is 10.6. The highest BCUT2D eigenvalue weighted by atomic mass is 16.3. The van der Waals surface area contributed by atoms with Gasteiger partial charge >= 0.3 is 0 Å². The van der Waals surface area contributed by atoms with Gasteiger partial charge in [-0.3, -0.25) is 0 Å². The fourth-order valence-electron chi connectivity index (χ4n) is 2.89. The van der Waals surface area contributed by atoms with E-state index in [1.54, 1.807) is 0 Å². The van der Waals surface area contributed by atoms with Crippen LogP contribution >= 0.6 is 0 Å². The lowest BCUT2D eigenvalue weighted by molar-refractivity contribution is 0.156. The predicted octanol–water partition coefficient (Wildman–Crippen LogP) is 3.98. The van der Waals surface area contributed by atoms with Crippen molar-refractivity contribution in [2.45, 2.75) is 12.5 Å². The first-order valence-corrected chi connectivity index (χ1v) is 7.40. The summed E-state index contributed by atoms with van der Waals surface area (Å²) < 4.78 is 0.